The summed E-state index contributed by atoms with van der Waals surface area (Å²) in [5.74, 6) is 1.75. The summed E-state index contributed by atoms with van der Waals surface area (Å²) >= 11 is 0. The van der Waals surface area contributed by atoms with Crippen LogP contribution in [-0.2, 0) is 6.54 Å². The molecule has 2 aromatic heterocycles. The Balaban J connectivity index is 1.68. The van der Waals surface area contributed by atoms with Gasteiger partial charge in [-0.25, -0.2) is 0 Å². The number of furan rings is 1. The monoisotopic (exact) mass is 233 g/mol. The van der Waals surface area contributed by atoms with Crippen molar-refractivity contribution >= 4 is 0 Å². The van der Waals surface area contributed by atoms with Crippen LogP contribution >= 0.6 is 0 Å². The van der Waals surface area contributed by atoms with E-state index in [1.54, 1.807) is 6.26 Å². The Hall–Kier alpha value is -1.62. The summed E-state index contributed by atoms with van der Waals surface area (Å²) in [6.07, 6.45) is 5.46. The average Bonchev–Trinajstić information content (AvgIpc) is 3.00. The van der Waals surface area contributed by atoms with Gasteiger partial charge in [0.15, 0.2) is 5.76 Å². The molecule has 1 fully saturated rings. The van der Waals surface area contributed by atoms with Crippen LogP contribution < -0.4 is 0 Å². The number of rotatable bonds is 3. The predicted octanol–water partition coefficient (Wildman–Crippen LogP) is 2.32. The van der Waals surface area contributed by atoms with Gasteiger partial charge in [-0.1, -0.05) is 6.42 Å². The van der Waals surface area contributed by atoms with E-state index in [2.05, 4.69) is 15.1 Å². The topological polar surface area (TPSA) is 55.3 Å². The largest absolute Gasteiger partial charge is 0.459 e. The lowest BCUT2D eigenvalue weighted by atomic mass is 10.1. The quantitative estimate of drug-likeness (QED) is 0.814. The van der Waals surface area contributed by atoms with Gasteiger partial charge in [-0.05, 0) is 38.1 Å². The van der Waals surface area contributed by atoms with Gasteiger partial charge in [0.2, 0.25) is 5.89 Å². The van der Waals surface area contributed by atoms with E-state index in [0.29, 0.717) is 17.5 Å². The SMILES string of the molecule is c1coc(-c2nnc(CN3CCCCC3)o2)c1. The second-order valence-corrected chi connectivity index (χ2v) is 4.32. The van der Waals surface area contributed by atoms with Crippen molar-refractivity contribution in [3.8, 4) is 11.7 Å². The normalized spacial score (nSPS) is 17.4. The fourth-order valence-electron chi connectivity index (χ4n) is 2.13. The Labute approximate surface area is 99.4 Å². The van der Waals surface area contributed by atoms with E-state index in [1.807, 2.05) is 12.1 Å². The molecule has 0 amide bonds. The fourth-order valence-corrected chi connectivity index (χ4v) is 2.13. The van der Waals surface area contributed by atoms with Gasteiger partial charge in [-0.15, -0.1) is 10.2 Å². The Morgan fingerprint density at radius 1 is 1.18 bits per heavy atom. The zero-order valence-electron chi connectivity index (χ0n) is 9.63. The summed E-state index contributed by atoms with van der Waals surface area (Å²) in [5.41, 5.74) is 0. The minimum atomic E-state index is 0.460. The molecule has 0 saturated carbocycles. The molecule has 17 heavy (non-hydrogen) atoms. The Morgan fingerprint density at radius 3 is 2.82 bits per heavy atom. The van der Waals surface area contributed by atoms with Crippen LogP contribution in [0.3, 0.4) is 0 Å². The van der Waals surface area contributed by atoms with Gasteiger partial charge in [0, 0.05) is 0 Å². The summed E-state index contributed by atoms with van der Waals surface area (Å²) in [6.45, 7) is 2.99. The molecule has 5 nitrogen and oxygen atoms in total. The first kappa shape index (κ1) is 10.5. The van der Waals surface area contributed by atoms with E-state index in [0.717, 1.165) is 19.6 Å². The maximum atomic E-state index is 5.57. The van der Waals surface area contributed by atoms with Crippen LogP contribution in [0.15, 0.2) is 27.2 Å². The smallest absolute Gasteiger partial charge is 0.283 e. The molecule has 0 radical (unpaired) electrons. The van der Waals surface area contributed by atoms with Gasteiger partial charge in [-0.2, -0.15) is 0 Å². The molecule has 5 heteroatoms. The fraction of sp³-hybridized carbons (Fsp3) is 0.500. The predicted molar refractivity (Wildman–Crippen MR) is 61.1 cm³/mol. The molecule has 2 aromatic rings. The van der Waals surface area contributed by atoms with Gasteiger partial charge >= 0.3 is 0 Å². The zero-order valence-corrected chi connectivity index (χ0v) is 9.63. The van der Waals surface area contributed by atoms with Crippen LogP contribution in [0, 0.1) is 0 Å². The molecule has 0 bridgehead atoms. The molecule has 0 unspecified atom stereocenters. The number of aromatic nitrogens is 2. The van der Waals surface area contributed by atoms with Crippen LogP contribution in [0.2, 0.25) is 0 Å². The Kier molecular flexibility index (Phi) is 2.92. The first-order valence-electron chi connectivity index (χ1n) is 6.00. The lowest BCUT2D eigenvalue weighted by molar-refractivity contribution is 0.202. The molecule has 90 valence electrons. The highest BCUT2D eigenvalue weighted by atomic mass is 16.4. The maximum absolute atomic E-state index is 5.57. The molecular formula is C12H15N3O2. The molecule has 0 spiro atoms. The third-order valence-corrected chi connectivity index (χ3v) is 3.01. The Morgan fingerprint density at radius 2 is 2.06 bits per heavy atom. The van der Waals surface area contributed by atoms with Crippen LogP contribution in [0.25, 0.3) is 11.7 Å². The van der Waals surface area contributed by atoms with Gasteiger partial charge in [-0.3, -0.25) is 4.90 Å². The highest BCUT2D eigenvalue weighted by Gasteiger charge is 2.15. The van der Waals surface area contributed by atoms with Gasteiger partial charge in [0.1, 0.15) is 0 Å². The van der Waals surface area contributed by atoms with Crippen molar-refractivity contribution in [1.82, 2.24) is 15.1 Å². The summed E-state index contributed by atoms with van der Waals surface area (Å²) in [5, 5.41) is 8.03. The summed E-state index contributed by atoms with van der Waals surface area (Å²) in [6, 6.07) is 3.63. The molecule has 3 heterocycles. The first-order chi connectivity index (χ1) is 8.42. The number of hydrogen-bond donors (Lipinski definition) is 0. The number of hydrogen-bond acceptors (Lipinski definition) is 5. The highest BCUT2D eigenvalue weighted by molar-refractivity contribution is 5.42. The van der Waals surface area contributed by atoms with Gasteiger partial charge in [0.05, 0.1) is 12.8 Å². The molecule has 1 aliphatic heterocycles. The first-order valence-corrected chi connectivity index (χ1v) is 6.00. The second kappa shape index (κ2) is 4.71. The van der Waals surface area contributed by atoms with Crippen molar-refractivity contribution in [2.75, 3.05) is 13.1 Å². The minimum absolute atomic E-state index is 0.460. The lowest BCUT2D eigenvalue weighted by Crippen LogP contribution is -2.29. The molecule has 0 aliphatic carbocycles. The third-order valence-electron chi connectivity index (χ3n) is 3.01. The van der Waals surface area contributed by atoms with Crippen molar-refractivity contribution in [3.63, 3.8) is 0 Å². The number of piperidine rings is 1. The van der Waals surface area contributed by atoms with Crippen LogP contribution in [0.1, 0.15) is 25.2 Å². The van der Waals surface area contributed by atoms with Crippen molar-refractivity contribution in [1.29, 1.82) is 0 Å². The number of likely N-dealkylation sites (tertiary alicyclic amines) is 1. The van der Waals surface area contributed by atoms with E-state index >= 15 is 0 Å². The van der Waals surface area contributed by atoms with Crippen molar-refractivity contribution in [2.24, 2.45) is 0 Å². The van der Waals surface area contributed by atoms with E-state index < -0.39 is 0 Å². The number of nitrogens with zero attached hydrogens (tertiary/aromatic N) is 3. The van der Waals surface area contributed by atoms with Crippen LogP contribution in [0.5, 0.6) is 0 Å². The van der Waals surface area contributed by atoms with E-state index in [-0.39, 0.29) is 0 Å². The molecule has 0 N–H and O–H groups in total. The molecule has 3 rings (SSSR count). The van der Waals surface area contributed by atoms with Crippen LogP contribution in [-0.4, -0.2) is 28.2 Å². The third kappa shape index (κ3) is 2.39. The lowest BCUT2D eigenvalue weighted by Gasteiger charge is -2.24. The molecule has 1 aliphatic rings. The van der Waals surface area contributed by atoms with Gasteiger partial charge in [0.25, 0.3) is 5.89 Å². The summed E-state index contributed by atoms with van der Waals surface area (Å²) < 4.78 is 10.8. The second-order valence-electron chi connectivity index (χ2n) is 4.32. The van der Waals surface area contributed by atoms with E-state index in [9.17, 15) is 0 Å². The van der Waals surface area contributed by atoms with Gasteiger partial charge < -0.3 is 8.83 Å². The van der Waals surface area contributed by atoms with Crippen molar-refractivity contribution < 1.29 is 8.83 Å². The summed E-state index contributed by atoms with van der Waals surface area (Å²) in [7, 11) is 0. The molecule has 0 aromatic carbocycles. The standard InChI is InChI=1S/C12H15N3O2/c1-2-6-15(7-3-1)9-11-13-14-12(17-11)10-5-4-8-16-10/h4-5,8H,1-3,6-7,9H2. The molecule has 1 saturated heterocycles. The van der Waals surface area contributed by atoms with E-state index in [1.165, 1.54) is 19.3 Å². The van der Waals surface area contributed by atoms with Crippen LogP contribution in [0.4, 0.5) is 0 Å². The molecule has 0 atom stereocenters. The van der Waals surface area contributed by atoms with Crippen molar-refractivity contribution in [2.45, 2.75) is 25.8 Å². The summed E-state index contributed by atoms with van der Waals surface area (Å²) in [4.78, 5) is 2.35. The Bertz CT molecular complexity index is 458. The van der Waals surface area contributed by atoms with Crippen molar-refractivity contribution in [3.05, 3.63) is 24.3 Å². The zero-order chi connectivity index (χ0) is 11.5. The molecular weight excluding hydrogens is 218 g/mol. The minimum Gasteiger partial charge on any atom is -0.459 e. The average molecular weight is 233 g/mol. The van der Waals surface area contributed by atoms with E-state index in [4.69, 9.17) is 8.83 Å². The highest BCUT2D eigenvalue weighted by Crippen LogP contribution is 2.19. The maximum Gasteiger partial charge on any atom is 0.283 e.